The molecule has 110 valence electrons. The first-order chi connectivity index (χ1) is 9.17. The number of esters is 1. The van der Waals surface area contributed by atoms with Crippen LogP contribution < -0.4 is 0 Å². The molecule has 0 aromatic heterocycles. The number of fused-ring (bicyclic) bond motifs is 1. The second-order valence-corrected chi connectivity index (χ2v) is 5.70. The summed E-state index contributed by atoms with van der Waals surface area (Å²) in [7, 11) is 0. The Morgan fingerprint density at radius 3 is 2.68 bits per heavy atom. The molecular formula is C15H28N2O2. The fraction of sp³-hybridized carbons (Fsp3) is 0.933. The smallest absolute Gasteiger partial charge is 0.307 e. The number of rotatable bonds is 6. The fourth-order valence-corrected chi connectivity index (χ4v) is 4.21. The normalized spacial score (nSPS) is 30.8. The van der Waals surface area contributed by atoms with Crippen LogP contribution in [-0.2, 0) is 9.53 Å². The first-order valence-electron chi connectivity index (χ1n) is 7.82. The minimum absolute atomic E-state index is 0.0201. The van der Waals surface area contributed by atoms with Crippen LogP contribution in [0.5, 0.6) is 0 Å². The van der Waals surface area contributed by atoms with Gasteiger partial charge in [0.1, 0.15) is 0 Å². The third kappa shape index (κ3) is 2.65. The Hall–Kier alpha value is -0.610. The van der Waals surface area contributed by atoms with Crippen LogP contribution >= 0.6 is 0 Å². The van der Waals surface area contributed by atoms with E-state index in [-0.39, 0.29) is 11.5 Å². The van der Waals surface area contributed by atoms with Crippen LogP contribution in [0, 0.1) is 0 Å². The topological polar surface area (TPSA) is 32.8 Å². The van der Waals surface area contributed by atoms with Gasteiger partial charge in [-0.2, -0.15) is 0 Å². The van der Waals surface area contributed by atoms with Crippen LogP contribution in [0.2, 0.25) is 0 Å². The summed E-state index contributed by atoms with van der Waals surface area (Å²) in [6.07, 6.45) is 4.17. The molecular weight excluding hydrogens is 240 g/mol. The van der Waals surface area contributed by atoms with Gasteiger partial charge in [-0.05, 0) is 45.8 Å². The van der Waals surface area contributed by atoms with Crippen molar-refractivity contribution in [1.82, 2.24) is 9.80 Å². The lowest BCUT2D eigenvalue weighted by atomic mass is 9.83. The summed E-state index contributed by atoms with van der Waals surface area (Å²) < 4.78 is 5.23. The summed E-state index contributed by atoms with van der Waals surface area (Å²) in [6.45, 7) is 11.2. The van der Waals surface area contributed by atoms with E-state index in [1.165, 1.54) is 19.4 Å². The van der Waals surface area contributed by atoms with Crippen molar-refractivity contribution in [3.05, 3.63) is 0 Å². The summed E-state index contributed by atoms with van der Waals surface area (Å²) in [5.41, 5.74) is 0.0201. The molecule has 2 aliphatic heterocycles. The lowest BCUT2D eigenvalue weighted by Gasteiger charge is -2.44. The summed E-state index contributed by atoms with van der Waals surface area (Å²) >= 11 is 0. The van der Waals surface area contributed by atoms with Gasteiger partial charge in [-0.3, -0.25) is 14.6 Å². The van der Waals surface area contributed by atoms with Crippen molar-refractivity contribution in [2.75, 3.05) is 32.8 Å². The Morgan fingerprint density at radius 1 is 1.32 bits per heavy atom. The fourth-order valence-electron chi connectivity index (χ4n) is 4.21. The van der Waals surface area contributed by atoms with E-state index in [2.05, 4.69) is 23.6 Å². The van der Waals surface area contributed by atoms with Gasteiger partial charge in [0.2, 0.25) is 0 Å². The number of hydrogen-bond donors (Lipinski definition) is 0. The van der Waals surface area contributed by atoms with Crippen molar-refractivity contribution in [1.29, 1.82) is 0 Å². The standard InChI is InChI=1S/C15H28N2O2/c1-4-17(5-2)15(12-14(18)19-6-3)9-11-16-10-7-8-13(15)16/h13H,4-12H2,1-3H3. The summed E-state index contributed by atoms with van der Waals surface area (Å²) in [5.74, 6) is -0.0249. The van der Waals surface area contributed by atoms with Crippen molar-refractivity contribution >= 4 is 5.97 Å². The van der Waals surface area contributed by atoms with E-state index in [1.54, 1.807) is 0 Å². The quantitative estimate of drug-likeness (QED) is 0.689. The van der Waals surface area contributed by atoms with Gasteiger partial charge in [0.25, 0.3) is 0 Å². The second-order valence-electron chi connectivity index (χ2n) is 5.70. The highest BCUT2D eigenvalue weighted by Gasteiger charge is 2.52. The largest absolute Gasteiger partial charge is 0.466 e. The molecule has 2 heterocycles. The third-order valence-corrected chi connectivity index (χ3v) is 4.96. The molecule has 0 aromatic carbocycles. The van der Waals surface area contributed by atoms with Gasteiger partial charge in [-0.15, -0.1) is 0 Å². The first kappa shape index (κ1) is 14.8. The van der Waals surface area contributed by atoms with E-state index >= 15 is 0 Å². The van der Waals surface area contributed by atoms with Crippen molar-refractivity contribution in [2.45, 2.75) is 58.0 Å². The van der Waals surface area contributed by atoms with Gasteiger partial charge in [-0.1, -0.05) is 13.8 Å². The number of nitrogens with zero attached hydrogens (tertiary/aromatic N) is 2. The van der Waals surface area contributed by atoms with Crippen LogP contribution in [0.25, 0.3) is 0 Å². The van der Waals surface area contributed by atoms with Crippen LogP contribution in [0.4, 0.5) is 0 Å². The predicted octanol–water partition coefficient (Wildman–Crippen LogP) is 1.89. The molecule has 2 rings (SSSR count). The number of likely N-dealkylation sites (N-methyl/N-ethyl adjacent to an activating group) is 1. The van der Waals surface area contributed by atoms with Gasteiger partial charge in [-0.25, -0.2) is 0 Å². The molecule has 0 radical (unpaired) electrons. The lowest BCUT2D eigenvalue weighted by Crippen LogP contribution is -2.56. The van der Waals surface area contributed by atoms with E-state index < -0.39 is 0 Å². The molecule has 0 aliphatic carbocycles. The van der Waals surface area contributed by atoms with Crippen LogP contribution in [0.15, 0.2) is 0 Å². The van der Waals surface area contributed by atoms with E-state index in [0.29, 0.717) is 19.1 Å². The van der Waals surface area contributed by atoms with E-state index in [4.69, 9.17) is 4.74 Å². The maximum atomic E-state index is 12.1. The van der Waals surface area contributed by atoms with Crippen LogP contribution in [0.3, 0.4) is 0 Å². The van der Waals surface area contributed by atoms with Gasteiger partial charge < -0.3 is 4.74 Å². The number of carbonyl (C=O) groups is 1. The number of ether oxygens (including phenoxy) is 1. The zero-order chi connectivity index (χ0) is 13.9. The Kier molecular flexibility index (Phi) is 4.85. The first-order valence-corrected chi connectivity index (χ1v) is 7.82. The highest BCUT2D eigenvalue weighted by Crippen LogP contribution is 2.42. The highest BCUT2D eigenvalue weighted by atomic mass is 16.5. The van der Waals surface area contributed by atoms with Crippen LogP contribution in [-0.4, -0.2) is 60.1 Å². The maximum absolute atomic E-state index is 12.1. The van der Waals surface area contributed by atoms with Gasteiger partial charge in [0, 0.05) is 18.1 Å². The van der Waals surface area contributed by atoms with Gasteiger partial charge >= 0.3 is 5.97 Å². The van der Waals surface area contributed by atoms with Gasteiger partial charge in [0.15, 0.2) is 0 Å². The minimum atomic E-state index is -0.0249. The maximum Gasteiger partial charge on any atom is 0.307 e. The number of hydrogen-bond acceptors (Lipinski definition) is 4. The Morgan fingerprint density at radius 2 is 2.05 bits per heavy atom. The molecule has 0 saturated carbocycles. The molecule has 0 aromatic rings. The SMILES string of the molecule is CCOC(=O)CC1(N(CC)CC)CCN2CCCC21. The Balaban J connectivity index is 2.20. The van der Waals surface area contributed by atoms with Crippen molar-refractivity contribution in [3.8, 4) is 0 Å². The molecule has 2 atom stereocenters. The summed E-state index contributed by atoms with van der Waals surface area (Å²) in [4.78, 5) is 17.1. The number of carbonyl (C=O) groups excluding carboxylic acids is 1. The van der Waals surface area contributed by atoms with Gasteiger partial charge in [0.05, 0.1) is 13.0 Å². The molecule has 4 nitrogen and oxygen atoms in total. The summed E-state index contributed by atoms with van der Waals surface area (Å²) in [5, 5.41) is 0. The zero-order valence-corrected chi connectivity index (χ0v) is 12.7. The minimum Gasteiger partial charge on any atom is -0.466 e. The molecule has 4 heteroatoms. The molecule has 2 aliphatic rings. The molecule has 2 fully saturated rings. The van der Waals surface area contributed by atoms with E-state index in [9.17, 15) is 4.79 Å². The average Bonchev–Trinajstić information content (AvgIpc) is 2.96. The second kappa shape index (κ2) is 6.23. The molecule has 0 N–H and O–H groups in total. The molecule has 19 heavy (non-hydrogen) atoms. The van der Waals surface area contributed by atoms with Crippen molar-refractivity contribution < 1.29 is 9.53 Å². The highest BCUT2D eigenvalue weighted by molar-refractivity contribution is 5.71. The average molecular weight is 268 g/mol. The third-order valence-electron chi connectivity index (χ3n) is 4.96. The predicted molar refractivity (Wildman–Crippen MR) is 76.1 cm³/mol. The monoisotopic (exact) mass is 268 g/mol. The molecule has 2 saturated heterocycles. The Bertz CT molecular complexity index is 317. The summed E-state index contributed by atoms with van der Waals surface area (Å²) in [6, 6.07) is 0.553. The lowest BCUT2D eigenvalue weighted by molar-refractivity contribution is -0.147. The van der Waals surface area contributed by atoms with Crippen molar-refractivity contribution in [2.24, 2.45) is 0 Å². The Labute approximate surface area is 117 Å². The molecule has 0 bridgehead atoms. The molecule has 0 amide bonds. The molecule has 2 unspecified atom stereocenters. The zero-order valence-electron chi connectivity index (χ0n) is 12.7. The van der Waals surface area contributed by atoms with Crippen LogP contribution in [0.1, 0.15) is 46.5 Å². The van der Waals surface area contributed by atoms with Crippen molar-refractivity contribution in [3.63, 3.8) is 0 Å². The van der Waals surface area contributed by atoms with E-state index in [0.717, 1.165) is 26.1 Å². The van der Waals surface area contributed by atoms with E-state index in [1.807, 2.05) is 6.92 Å². The molecule has 0 spiro atoms.